The lowest BCUT2D eigenvalue weighted by molar-refractivity contribution is -0.922. The summed E-state index contributed by atoms with van der Waals surface area (Å²) in [5, 5.41) is 0. The zero-order chi connectivity index (χ0) is 19.4. The van der Waals surface area contributed by atoms with Crippen LogP contribution in [0.2, 0.25) is 0 Å². The first kappa shape index (κ1) is 18.1. The molecule has 146 valence electrons. The van der Waals surface area contributed by atoms with Gasteiger partial charge in [-0.25, -0.2) is 0 Å². The van der Waals surface area contributed by atoms with E-state index in [2.05, 4.69) is 14.1 Å². The fraction of sp³-hybridized carbons (Fsp3) is 0.600. The van der Waals surface area contributed by atoms with Gasteiger partial charge in [-0.1, -0.05) is 0 Å². The van der Waals surface area contributed by atoms with Gasteiger partial charge >= 0.3 is 5.97 Å². The van der Waals surface area contributed by atoms with E-state index in [9.17, 15) is 9.59 Å². The Bertz CT molecular complexity index is 817. The zero-order valence-corrected chi connectivity index (χ0v) is 16.3. The SMILES string of the molecule is COc1c2c(cc3c1[C@H](CC(=O)[C@]1(C)CCOC1=O)[N+](C)(C)CC3)OCO2. The van der Waals surface area contributed by atoms with Crippen molar-refractivity contribution >= 4 is 11.8 Å². The van der Waals surface area contributed by atoms with Crippen LogP contribution in [0.3, 0.4) is 0 Å². The number of hydrogen-bond donors (Lipinski definition) is 0. The molecule has 0 radical (unpaired) electrons. The van der Waals surface area contributed by atoms with E-state index >= 15 is 0 Å². The largest absolute Gasteiger partial charge is 0.492 e. The molecule has 0 aliphatic carbocycles. The third-order valence-electron chi connectivity index (χ3n) is 6.36. The van der Waals surface area contributed by atoms with E-state index in [-0.39, 0.29) is 25.0 Å². The number of fused-ring (bicyclic) bond motifs is 2. The molecule has 2 atom stereocenters. The van der Waals surface area contributed by atoms with Crippen molar-refractivity contribution in [2.24, 2.45) is 5.41 Å². The van der Waals surface area contributed by atoms with Crippen LogP contribution in [0, 0.1) is 5.41 Å². The number of ether oxygens (including phenoxy) is 4. The second-order valence-electron chi connectivity index (χ2n) is 8.33. The minimum Gasteiger partial charge on any atom is -0.492 e. The molecule has 4 rings (SSSR count). The molecule has 7 nitrogen and oxygen atoms in total. The van der Waals surface area contributed by atoms with E-state index < -0.39 is 11.4 Å². The topological polar surface area (TPSA) is 71.1 Å². The van der Waals surface area contributed by atoms with Crippen molar-refractivity contribution in [2.45, 2.75) is 32.2 Å². The Morgan fingerprint density at radius 3 is 2.78 bits per heavy atom. The van der Waals surface area contributed by atoms with Gasteiger partial charge in [-0.15, -0.1) is 0 Å². The number of ketones is 1. The molecule has 0 spiro atoms. The van der Waals surface area contributed by atoms with Gasteiger partial charge in [-0.2, -0.15) is 0 Å². The van der Waals surface area contributed by atoms with Crippen molar-refractivity contribution in [1.29, 1.82) is 0 Å². The Morgan fingerprint density at radius 2 is 2.11 bits per heavy atom. The monoisotopic (exact) mass is 376 g/mol. The van der Waals surface area contributed by atoms with Crippen molar-refractivity contribution < 1.29 is 33.0 Å². The second-order valence-corrected chi connectivity index (χ2v) is 8.33. The summed E-state index contributed by atoms with van der Waals surface area (Å²) < 4.78 is 22.6. The molecule has 0 saturated carbocycles. The molecule has 1 saturated heterocycles. The Hall–Kier alpha value is -2.28. The molecule has 0 unspecified atom stereocenters. The third kappa shape index (κ3) is 2.67. The van der Waals surface area contributed by atoms with Gasteiger partial charge in [0.05, 0.1) is 46.3 Å². The van der Waals surface area contributed by atoms with Crippen LogP contribution in [0.25, 0.3) is 0 Å². The summed E-state index contributed by atoms with van der Waals surface area (Å²) >= 11 is 0. The van der Waals surface area contributed by atoms with Crippen molar-refractivity contribution in [3.05, 3.63) is 17.2 Å². The van der Waals surface area contributed by atoms with Crippen LogP contribution in [0.4, 0.5) is 0 Å². The number of cyclic esters (lactones) is 1. The summed E-state index contributed by atoms with van der Waals surface area (Å²) in [6.07, 6.45) is 1.55. The lowest BCUT2D eigenvalue weighted by Crippen LogP contribution is -2.49. The maximum Gasteiger partial charge on any atom is 0.319 e. The first-order valence-corrected chi connectivity index (χ1v) is 9.30. The van der Waals surface area contributed by atoms with Crippen molar-refractivity contribution in [2.75, 3.05) is 41.1 Å². The number of nitrogens with zero attached hydrogens (tertiary/aromatic N) is 1. The van der Waals surface area contributed by atoms with E-state index in [1.54, 1.807) is 14.0 Å². The first-order chi connectivity index (χ1) is 12.8. The molecular formula is C20H26NO6+. The molecule has 3 aliphatic heterocycles. The van der Waals surface area contributed by atoms with Crippen molar-refractivity contribution in [3.63, 3.8) is 0 Å². The maximum atomic E-state index is 13.2. The number of rotatable bonds is 4. The number of carbonyl (C=O) groups is 2. The van der Waals surface area contributed by atoms with Gasteiger partial charge < -0.3 is 23.4 Å². The van der Waals surface area contributed by atoms with Gasteiger partial charge in [0.15, 0.2) is 17.3 Å². The molecule has 3 aliphatic rings. The Balaban J connectivity index is 1.77. The zero-order valence-electron chi connectivity index (χ0n) is 16.3. The molecule has 0 N–H and O–H groups in total. The van der Waals surface area contributed by atoms with E-state index in [1.165, 1.54) is 0 Å². The van der Waals surface area contributed by atoms with Gasteiger partial charge in [0.1, 0.15) is 11.5 Å². The third-order valence-corrected chi connectivity index (χ3v) is 6.36. The number of quaternary nitrogens is 1. The highest BCUT2D eigenvalue weighted by Crippen LogP contribution is 2.52. The quantitative estimate of drug-likeness (QED) is 0.455. The highest BCUT2D eigenvalue weighted by atomic mass is 16.7. The molecule has 1 fully saturated rings. The van der Waals surface area contributed by atoms with Crippen LogP contribution >= 0.6 is 0 Å². The predicted molar refractivity (Wildman–Crippen MR) is 95.8 cm³/mol. The average Bonchev–Trinajstić information content (AvgIpc) is 3.23. The summed E-state index contributed by atoms with van der Waals surface area (Å²) in [5.74, 6) is 1.44. The number of methoxy groups -OCH3 is 1. The second kappa shape index (κ2) is 6.12. The van der Waals surface area contributed by atoms with Crippen LogP contribution in [-0.4, -0.2) is 57.4 Å². The highest BCUT2D eigenvalue weighted by molar-refractivity contribution is 6.04. The van der Waals surface area contributed by atoms with Crippen LogP contribution in [0.15, 0.2) is 6.07 Å². The molecule has 27 heavy (non-hydrogen) atoms. The summed E-state index contributed by atoms with van der Waals surface area (Å²) in [7, 11) is 5.83. The van der Waals surface area contributed by atoms with Crippen LogP contribution < -0.4 is 14.2 Å². The number of carbonyl (C=O) groups excluding carboxylic acids is 2. The Kier molecular flexibility index (Phi) is 4.10. The number of Topliss-reactive ketones (excluding diaryl/α,β-unsaturated/α-hetero) is 1. The molecule has 0 bridgehead atoms. The lowest BCUT2D eigenvalue weighted by Gasteiger charge is -2.43. The fourth-order valence-corrected chi connectivity index (χ4v) is 4.38. The van der Waals surface area contributed by atoms with Crippen LogP contribution in [-0.2, 0) is 20.7 Å². The first-order valence-electron chi connectivity index (χ1n) is 9.30. The lowest BCUT2D eigenvalue weighted by atomic mass is 9.78. The number of esters is 1. The maximum absolute atomic E-state index is 13.2. The van der Waals surface area contributed by atoms with Crippen LogP contribution in [0.5, 0.6) is 17.2 Å². The summed E-state index contributed by atoms with van der Waals surface area (Å²) in [6, 6.07) is 1.87. The van der Waals surface area contributed by atoms with Gasteiger partial charge in [-0.3, -0.25) is 9.59 Å². The standard InChI is InChI=1S/C20H26NO6/c1-20(6-8-25-19(20)23)15(22)10-13-16-12(5-7-21(13,2)3)9-14-17(18(16)24-4)27-11-26-14/h9,13H,5-8,10-11H2,1-4H3/q+1/t13-,20-/m0/s1. The van der Waals surface area contributed by atoms with Gasteiger partial charge in [0.25, 0.3) is 0 Å². The highest BCUT2D eigenvalue weighted by Gasteiger charge is 2.50. The van der Waals surface area contributed by atoms with Crippen LogP contribution in [0.1, 0.15) is 36.9 Å². The van der Waals surface area contributed by atoms with E-state index in [1.807, 2.05) is 6.07 Å². The smallest absolute Gasteiger partial charge is 0.319 e. The van der Waals surface area contributed by atoms with E-state index in [0.717, 1.165) is 24.1 Å². The predicted octanol–water partition coefficient (Wildman–Crippen LogP) is 2.01. The number of hydrogen-bond acceptors (Lipinski definition) is 6. The molecule has 0 aromatic heterocycles. The summed E-state index contributed by atoms with van der Waals surface area (Å²) in [6.45, 7) is 3.06. The summed E-state index contributed by atoms with van der Waals surface area (Å²) in [5.41, 5.74) is 1.05. The minimum absolute atomic E-state index is 0.0752. The van der Waals surface area contributed by atoms with Gasteiger partial charge in [0.2, 0.25) is 12.5 Å². The van der Waals surface area contributed by atoms with Crippen molar-refractivity contribution in [1.82, 2.24) is 0 Å². The van der Waals surface area contributed by atoms with E-state index in [0.29, 0.717) is 34.8 Å². The molecular weight excluding hydrogens is 350 g/mol. The van der Waals surface area contributed by atoms with E-state index in [4.69, 9.17) is 18.9 Å². The molecule has 1 aromatic rings. The molecule has 0 amide bonds. The van der Waals surface area contributed by atoms with Crippen molar-refractivity contribution in [3.8, 4) is 17.2 Å². The molecule has 1 aromatic carbocycles. The summed E-state index contributed by atoms with van der Waals surface area (Å²) in [4.78, 5) is 25.3. The molecule has 3 heterocycles. The normalized spacial score (nSPS) is 27.9. The number of likely N-dealkylation sites (N-methyl/N-ethyl adjacent to an activating group) is 1. The fourth-order valence-electron chi connectivity index (χ4n) is 4.38. The van der Waals surface area contributed by atoms with Gasteiger partial charge in [0, 0.05) is 12.8 Å². The minimum atomic E-state index is -1.05. The Morgan fingerprint density at radius 1 is 1.33 bits per heavy atom. The van der Waals surface area contributed by atoms with Gasteiger partial charge in [-0.05, 0) is 18.6 Å². The molecule has 7 heteroatoms. The number of benzene rings is 1. The Labute approximate surface area is 158 Å². The average molecular weight is 376 g/mol.